The molecule has 0 aliphatic rings. The summed E-state index contributed by atoms with van der Waals surface area (Å²) in [7, 11) is 0. The number of non-ortho nitro benzene ring substituents is 1. The molecule has 0 fully saturated rings. The molecule has 2 N–H and O–H groups in total. The lowest BCUT2D eigenvalue weighted by Crippen LogP contribution is -2.31. The highest BCUT2D eigenvalue weighted by molar-refractivity contribution is 5.43. The first-order valence-electron chi connectivity index (χ1n) is 5.81. The Bertz CT molecular complexity index is 409. The minimum atomic E-state index is -0.636. The van der Waals surface area contributed by atoms with Crippen LogP contribution in [0.2, 0.25) is 0 Å². The molecule has 0 radical (unpaired) electrons. The van der Waals surface area contributed by atoms with Crippen LogP contribution in [0, 0.1) is 17.0 Å². The van der Waals surface area contributed by atoms with Crippen LogP contribution in [0.4, 0.5) is 5.69 Å². The Hall–Kier alpha value is -1.66. The Kier molecular flexibility index (Phi) is 5.54. The number of aliphatic hydroxyl groups is 1. The smallest absolute Gasteiger partial charge is 0.273 e. The van der Waals surface area contributed by atoms with Gasteiger partial charge < -0.3 is 15.2 Å². The molecule has 0 heterocycles. The maximum Gasteiger partial charge on any atom is 0.273 e. The van der Waals surface area contributed by atoms with Gasteiger partial charge in [0, 0.05) is 12.6 Å². The molecule has 1 aromatic carbocycles. The predicted molar refractivity (Wildman–Crippen MR) is 67.9 cm³/mol. The molecular weight excluding hydrogens is 236 g/mol. The summed E-state index contributed by atoms with van der Waals surface area (Å²) in [5.74, 6) is 0.430. The van der Waals surface area contributed by atoms with Crippen LogP contribution in [0.25, 0.3) is 0 Å². The summed E-state index contributed by atoms with van der Waals surface area (Å²) >= 11 is 0. The van der Waals surface area contributed by atoms with Gasteiger partial charge in [0.2, 0.25) is 0 Å². The number of likely N-dealkylation sites (N-methyl/N-ethyl adjacent to an activating group) is 1. The van der Waals surface area contributed by atoms with Crippen molar-refractivity contribution in [1.82, 2.24) is 5.32 Å². The molecule has 0 aromatic heterocycles. The van der Waals surface area contributed by atoms with E-state index in [4.69, 9.17) is 4.74 Å². The van der Waals surface area contributed by atoms with Gasteiger partial charge in [-0.2, -0.15) is 0 Å². The zero-order chi connectivity index (χ0) is 13.5. The molecule has 0 saturated heterocycles. The second-order valence-electron chi connectivity index (χ2n) is 3.98. The Morgan fingerprint density at radius 1 is 1.56 bits per heavy atom. The normalized spacial score (nSPS) is 12.2. The molecule has 100 valence electrons. The van der Waals surface area contributed by atoms with Crippen LogP contribution < -0.4 is 10.1 Å². The van der Waals surface area contributed by atoms with Crippen molar-refractivity contribution >= 4 is 5.69 Å². The molecule has 1 atom stereocenters. The molecule has 6 nitrogen and oxygen atoms in total. The van der Waals surface area contributed by atoms with Gasteiger partial charge in [-0.15, -0.1) is 0 Å². The van der Waals surface area contributed by atoms with Crippen molar-refractivity contribution in [3.63, 3.8) is 0 Å². The topological polar surface area (TPSA) is 84.6 Å². The second kappa shape index (κ2) is 6.93. The van der Waals surface area contributed by atoms with E-state index in [0.717, 1.165) is 12.1 Å². The molecule has 0 bridgehead atoms. The van der Waals surface area contributed by atoms with Crippen LogP contribution in [0.5, 0.6) is 5.75 Å². The van der Waals surface area contributed by atoms with Crippen LogP contribution >= 0.6 is 0 Å². The first kappa shape index (κ1) is 14.4. The van der Waals surface area contributed by atoms with Crippen molar-refractivity contribution < 1.29 is 14.8 Å². The SMILES string of the molecule is CCNCC(O)COc1cc([N+](=O)[O-])ccc1C. The minimum Gasteiger partial charge on any atom is -0.490 e. The first-order chi connectivity index (χ1) is 8.54. The number of ether oxygens (including phenoxy) is 1. The van der Waals surface area contributed by atoms with E-state index in [9.17, 15) is 15.2 Å². The van der Waals surface area contributed by atoms with E-state index in [-0.39, 0.29) is 12.3 Å². The predicted octanol–water partition coefficient (Wildman–Crippen LogP) is 1.25. The maximum absolute atomic E-state index is 10.6. The van der Waals surface area contributed by atoms with Crippen molar-refractivity contribution in [3.05, 3.63) is 33.9 Å². The Labute approximate surface area is 106 Å². The number of aliphatic hydroxyl groups excluding tert-OH is 1. The van der Waals surface area contributed by atoms with Crippen LogP contribution in [-0.2, 0) is 0 Å². The molecule has 1 rings (SSSR count). The van der Waals surface area contributed by atoms with E-state index in [1.54, 1.807) is 13.0 Å². The van der Waals surface area contributed by atoms with Crippen LogP contribution in [0.1, 0.15) is 12.5 Å². The standard InChI is InChI=1S/C12H18N2O4/c1-3-13-7-11(15)8-18-12-6-10(14(16)17)5-4-9(12)2/h4-6,11,13,15H,3,7-8H2,1-2H3. The molecule has 18 heavy (non-hydrogen) atoms. The van der Waals surface area contributed by atoms with Crippen molar-refractivity contribution in [1.29, 1.82) is 0 Å². The van der Waals surface area contributed by atoms with Crippen LogP contribution in [-0.4, -0.2) is 35.8 Å². The summed E-state index contributed by atoms with van der Waals surface area (Å²) < 4.78 is 5.39. The largest absolute Gasteiger partial charge is 0.490 e. The van der Waals surface area contributed by atoms with E-state index in [2.05, 4.69) is 5.32 Å². The second-order valence-corrected chi connectivity index (χ2v) is 3.98. The fourth-order valence-electron chi connectivity index (χ4n) is 1.41. The number of hydrogen-bond acceptors (Lipinski definition) is 5. The molecule has 0 amide bonds. The van der Waals surface area contributed by atoms with Crippen molar-refractivity contribution in [2.24, 2.45) is 0 Å². The van der Waals surface area contributed by atoms with Gasteiger partial charge in [-0.1, -0.05) is 6.92 Å². The van der Waals surface area contributed by atoms with Gasteiger partial charge in [0.25, 0.3) is 5.69 Å². The zero-order valence-electron chi connectivity index (χ0n) is 10.5. The van der Waals surface area contributed by atoms with Gasteiger partial charge in [-0.25, -0.2) is 0 Å². The van der Waals surface area contributed by atoms with E-state index in [0.29, 0.717) is 12.3 Å². The van der Waals surface area contributed by atoms with Gasteiger partial charge in [-0.05, 0) is 25.1 Å². The number of nitro groups is 1. The molecule has 0 spiro atoms. The van der Waals surface area contributed by atoms with Gasteiger partial charge in [0.15, 0.2) is 0 Å². The van der Waals surface area contributed by atoms with Crippen LogP contribution in [0.15, 0.2) is 18.2 Å². The molecular formula is C12H18N2O4. The minimum absolute atomic E-state index is 0.0169. The Balaban J connectivity index is 2.60. The quantitative estimate of drug-likeness (QED) is 0.565. The highest BCUT2D eigenvalue weighted by atomic mass is 16.6. The van der Waals surface area contributed by atoms with E-state index in [1.807, 2.05) is 6.92 Å². The van der Waals surface area contributed by atoms with Crippen molar-refractivity contribution in [3.8, 4) is 5.75 Å². The average Bonchev–Trinajstić information content (AvgIpc) is 2.35. The molecule has 1 unspecified atom stereocenters. The summed E-state index contributed by atoms with van der Waals surface area (Å²) in [6, 6.07) is 4.43. The van der Waals surface area contributed by atoms with Gasteiger partial charge in [0.05, 0.1) is 11.0 Å². The van der Waals surface area contributed by atoms with E-state index in [1.165, 1.54) is 12.1 Å². The fraction of sp³-hybridized carbons (Fsp3) is 0.500. The highest BCUT2D eigenvalue weighted by Crippen LogP contribution is 2.24. The molecule has 1 aromatic rings. The third-order valence-corrected chi connectivity index (χ3v) is 2.44. The van der Waals surface area contributed by atoms with Gasteiger partial charge >= 0.3 is 0 Å². The molecule has 0 aliphatic carbocycles. The fourth-order valence-corrected chi connectivity index (χ4v) is 1.41. The van der Waals surface area contributed by atoms with Gasteiger partial charge in [-0.3, -0.25) is 10.1 Å². The zero-order valence-corrected chi connectivity index (χ0v) is 10.5. The number of nitro benzene ring substituents is 1. The monoisotopic (exact) mass is 254 g/mol. The maximum atomic E-state index is 10.6. The summed E-state index contributed by atoms with van der Waals surface area (Å²) in [5, 5.41) is 23.2. The molecule has 0 saturated carbocycles. The summed E-state index contributed by atoms with van der Waals surface area (Å²) in [4.78, 5) is 10.2. The number of rotatable bonds is 7. The first-order valence-corrected chi connectivity index (χ1v) is 5.81. The Morgan fingerprint density at radius 2 is 2.28 bits per heavy atom. The number of hydrogen-bond donors (Lipinski definition) is 2. The van der Waals surface area contributed by atoms with Gasteiger partial charge in [0.1, 0.15) is 18.5 Å². The summed E-state index contributed by atoms with van der Waals surface area (Å²) in [5.41, 5.74) is 0.785. The van der Waals surface area contributed by atoms with E-state index >= 15 is 0 Å². The number of aryl methyl sites for hydroxylation is 1. The highest BCUT2D eigenvalue weighted by Gasteiger charge is 2.11. The summed E-state index contributed by atoms with van der Waals surface area (Å²) in [6.07, 6.45) is -0.636. The number of benzene rings is 1. The third-order valence-electron chi connectivity index (χ3n) is 2.44. The van der Waals surface area contributed by atoms with Crippen molar-refractivity contribution in [2.75, 3.05) is 19.7 Å². The lowest BCUT2D eigenvalue weighted by atomic mass is 10.2. The van der Waals surface area contributed by atoms with Crippen molar-refractivity contribution in [2.45, 2.75) is 20.0 Å². The van der Waals surface area contributed by atoms with Crippen LogP contribution in [0.3, 0.4) is 0 Å². The lowest BCUT2D eigenvalue weighted by molar-refractivity contribution is -0.385. The third kappa shape index (κ3) is 4.31. The number of nitrogens with zero attached hydrogens (tertiary/aromatic N) is 1. The molecule has 6 heteroatoms. The number of nitrogens with one attached hydrogen (secondary N) is 1. The Morgan fingerprint density at radius 3 is 2.89 bits per heavy atom. The van der Waals surface area contributed by atoms with E-state index < -0.39 is 11.0 Å². The molecule has 0 aliphatic heterocycles. The average molecular weight is 254 g/mol. The summed E-state index contributed by atoms with van der Waals surface area (Å²) in [6.45, 7) is 5.06. The lowest BCUT2D eigenvalue weighted by Gasteiger charge is -2.13.